The van der Waals surface area contributed by atoms with Crippen LogP contribution in [0.3, 0.4) is 0 Å². The molecule has 0 fully saturated rings. The molecule has 1 aromatic carbocycles. The number of hydrogen-bond acceptors (Lipinski definition) is 10. The molecule has 0 bridgehead atoms. The molecule has 10 nitrogen and oxygen atoms in total. The SMILES string of the molecule is CCCCOc1cc(CN(C)C(C)(C)C)c(Cl)c2c1C(=O)C1=C(O)[C@]3(O[Si](C)(C)C(C)(C)C)C(=O)c4c(OCCCC)noc4[C@@H](N(C)C)[C@@H]3C[C@@H]1C2. The van der Waals surface area contributed by atoms with Crippen molar-refractivity contribution in [3.05, 3.63) is 50.4 Å². The molecule has 0 radical (unpaired) electrons. The molecule has 0 aliphatic heterocycles. The monoisotopic (exact) mass is 771 g/mol. The van der Waals surface area contributed by atoms with Gasteiger partial charge in [-0.3, -0.25) is 19.4 Å². The van der Waals surface area contributed by atoms with Crippen LogP contribution in [0.15, 0.2) is 21.9 Å². The number of Topliss-reactive ketones (excluding diaryl/α,β-unsaturated/α-hetero) is 2. The normalized spacial score (nSPS) is 23.3. The fourth-order valence-electron chi connectivity index (χ4n) is 7.68. The Morgan fingerprint density at radius 2 is 1.64 bits per heavy atom. The molecule has 0 spiro atoms. The summed E-state index contributed by atoms with van der Waals surface area (Å²) < 4.78 is 25.7. The average molecular weight is 772 g/mol. The Morgan fingerprint density at radius 1 is 1.02 bits per heavy atom. The van der Waals surface area contributed by atoms with E-state index in [1.54, 1.807) is 0 Å². The lowest BCUT2D eigenvalue weighted by molar-refractivity contribution is -0.0480. The van der Waals surface area contributed by atoms with Crippen molar-refractivity contribution in [2.24, 2.45) is 11.8 Å². The number of aliphatic hydroxyl groups excluding tert-OH is 1. The predicted octanol–water partition coefficient (Wildman–Crippen LogP) is 9.36. The van der Waals surface area contributed by atoms with E-state index in [1.165, 1.54) is 0 Å². The second-order valence-corrected chi connectivity index (χ2v) is 23.1. The van der Waals surface area contributed by atoms with E-state index in [9.17, 15) is 5.11 Å². The van der Waals surface area contributed by atoms with Crippen LogP contribution < -0.4 is 9.47 Å². The maximum Gasteiger partial charge on any atom is 0.265 e. The summed E-state index contributed by atoms with van der Waals surface area (Å²) in [6.07, 6.45) is 4.17. The number of aromatic nitrogens is 1. The van der Waals surface area contributed by atoms with Crippen LogP contribution in [-0.2, 0) is 17.4 Å². The van der Waals surface area contributed by atoms with Crippen LogP contribution in [0.25, 0.3) is 0 Å². The molecule has 1 heterocycles. The Kier molecular flexibility index (Phi) is 11.8. The summed E-state index contributed by atoms with van der Waals surface area (Å²) in [5.74, 6) is -1.29. The highest BCUT2D eigenvalue weighted by Gasteiger charge is 2.67. The second-order valence-electron chi connectivity index (χ2n) is 18.0. The van der Waals surface area contributed by atoms with Gasteiger partial charge in [0.05, 0.1) is 24.8 Å². The van der Waals surface area contributed by atoms with Gasteiger partial charge >= 0.3 is 0 Å². The molecule has 4 atom stereocenters. The summed E-state index contributed by atoms with van der Waals surface area (Å²) in [5, 5.41) is 17.4. The van der Waals surface area contributed by atoms with Crippen LogP contribution in [0.4, 0.5) is 0 Å². The smallest absolute Gasteiger partial charge is 0.265 e. The largest absolute Gasteiger partial charge is 0.508 e. The molecule has 5 rings (SSSR count). The Labute approximate surface area is 322 Å². The zero-order chi connectivity index (χ0) is 39.4. The number of benzene rings is 1. The molecule has 0 unspecified atom stereocenters. The van der Waals surface area contributed by atoms with Gasteiger partial charge in [0.25, 0.3) is 5.88 Å². The number of hydrogen-bond donors (Lipinski definition) is 1. The van der Waals surface area contributed by atoms with Gasteiger partial charge < -0.3 is 23.5 Å². The van der Waals surface area contributed by atoms with E-state index in [4.69, 9.17) is 30.0 Å². The van der Waals surface area contributed by atoms with Crippen molar-refractivity contribution < 1.29 is 33.1 Å². The lowest BCUT2D eigenvalue weighted by atomic mass is 9.58. The lowest BCUT2D eigenvalue weighted by Crippen LogP contribution is -2.65. The molecular formula is C41H62ClN3O7Si. The molecule has 2 aromatic rings. The van der Waals surface area contributed by atoms with Crippen LogP contribution in [0.2, 0.25) is 23.2 Å². The summed E-state index contributed by atoms with van der Waals surface area (Å²) >= 11 is 7.28. The van der Waals surface area contributed by atoms with Gasteiger partial charge in [0.15, 0.2) is 25.5 Å². The minimum Gasteiger partial charge on any atom is -0.508 e. The van der Waals surface area contributed by atoms with Crippen molar-refractivity contribution in [2.75, 3.05) is 34.4 Å². The number of carbonyl (C=O) groups is 2. The number of halogens is 1. The molecule has 294 valence electrons. The molecule has 3 aliphatic carbocycles. The van der Waals surface area contributed by atoms with E-state index < -0.39 is 37.6 Å². The fraction of sp³-hybridized carbons (Fsp3) is 0.683. The quantitative estimate of drug-likeness (QED) is 0.156. The highest BCUT2D eigenvalue weighted by Crippen LogP contribution is 2.60. The topological polar surface area (TPSA) is 115 Å². The summed E-state index contributed by atoms with van der Waals surface area (Å²) in [7, 11) is 3.08. The van der Waals surface area contributed by atoms with Crippen molar-refractivity contribution in [1.29, 1.82) is 0 Å². The molecule has 0 saturated carbocycles. The van der Waals surface area contributed by atoms with Crippen LogP contribution in [-0.4, -0.2) is 85.4 Å². The van der Waals surface area contributed by atoms with E-state index >= 15 is 9.59 Å². The first-order valence-electron chi connectivity index (χ1n) is 19.3. The Morgan fingerprint density at radius 3 is 2.21 bits per heavy atom. The van der Waals surface area contributed by atoms with E-state index in [1.807, 2.05) is 25.1 Å². The molecule has 1 N–H and O–H groups in total. The van der Waals surface area contributed by atoms with Crippen LogP contribution in [0, 0.1) is 11.8 Å². The van der Waals surface area contributed by atoms with Crippen molar-refractivity contribution >= 4 is 31.5 Å². The van der Waals surface area contributed by atoms with Crippen LogP contribution in [0.5, 0.6) is 11.6 Å². The molecule has 0 amide bonds. The second kappa shape index (κ2) is 15.1. The average Bonchev–Trinajstić information content (AvgIpc) is 3.46. The van der Waals surface area contributed by atoms with Crippen LogP contribution >= 0.6 is 11.6 Å². The molecule has 3 aliphatic rings. The summed E-state index contributed by atoms with van der Waals surface area (Å²) in [4.78, 5) is 34.7. The number of fused-ring (bicyclic) bond motifs is 4. The van der Waals surface area contributed by atoms with Gasteiger partial charge in [-0.25, -0.2) is 0 Å². The third-order valence-corrected chi connectivity index (χ3v) is 17.0. The standard InChI is InChI=1S/C41H62ClN3O7Si/c1-14-16-18-49-28-22-25(23-45(11)39(3,4)5)32(42)26-20-24-21-27-33(44(9)10)35-31(38(43-51-35)50-19-17-15-2)37(48)41(27,52-53(12,13)40(6,7)8)36(47)29(24)34(46)30(26)28/h22,24,27,33,47H,14-21,23H2,1-13H3/t24-,27-,33-,41-/m0/s1. The first-order chi connectivity index (χ1) is 24.6. The Balaban J connectivity index is 1.77. The number of carbonyl (C=O) groups excluding carboxylic acids is 2. The molecule has 12 heteroatoms. The van der Waals surface area contributed by atoms with Gasteiger partial charge in [-0.1, -0.05) is 59.1 Å². The first kappa shape index (κ1) is 41.5. The van der Waals surface area contributed by atoms with Crippen LogP contribution in [0.1, 0.15) is 131 Å². The van der Waals surface area contributed by atoms with Crippen molar-refractivity contribution in [1.82, 2.24) is 15.0 Å². The number of rotatable bonds is 13. The van der Waals surface area contributed by atoms with E-state index in [-0.39, 0.29) is 39.1 Å². The summed E-state index contributed by atoms with van der Waals surface area (Å²) in [6.45, 7) is 22.4. The molecular weight excluding hydrogens is 710 g/mol. The first-order valence-corrected chi connectivity index (χ1v) is 22.6. The Bertz CT molecular complexity index is 1750. The number of aliphatic hydroxyl groups is 1. The van der Waals surface area contributed by atoms with Gasteiger partial charge in [0.1, 0.15) is 17.1 Å². The van der Waals surface area contributed by atoms with Gasteiger partial charge in [0, 0.05) is 28.6 Å². The maximum absolute atomic E-state index is 15.4. The van der Waals surface area contributed by atoms with Crippen molar-refractivity contribution in [3.8, 4) is 11.6 Å². The number of ether oxygens (including phenoxy) is 2. The molecule has 53 heavy (non-hydrogen) atoms. The van der Waals surface area contributed by atoms with E-state index in [2.05, 4.69) is 85.6 Å². The zero-order valence-electron chi connectivity index (χ0n) is 34.3. The van der Waals surface area contributed by atoms with Crippen molar-refractivity contribution in [3.63, 3.8) is 0 Å². The predicted molar refractivity (Wildman–Crippen MR) is 211 cm³/mol. The number of ketones is 2. The van der Waals surface area contributed by atoms with Gasteiger partial charge in [-0.05, 0) is 114 Å². The number of allylic oxidation sites excluding steroid dienone is 1. The number of nitrogens with zero attached hydrogens (tertiary/aromatic N) is 3. The highest BCUT2D eigenvalue weighted by molar-refractivity contribution is 6.74. The van der Waals surface area contributed by atoms with E-state index in [0.717, 1.165) is 36.8 Å². The molecule has 0 saturated heterocycles. The number of unbranched alkanes of at least 4 members (excludes halogenated alkanes) is 2. The maximum atomic E-state index is 15.4. The third-order valence-electron chi connectivity index (χ3n) is 12.1. The lowest BCUT2D eigenvalue weighted by Gasteiger charge is -2.55. The van der Waals surface area contributed by atoms with Crippen molar-refractivity contribution in [2.45, 2.75) is 136 Å². The minimum absolute atomic E-state index is 0.0911. The minimum atomic E-state index is -2.82. The zero-order valence-corrected chi connectivity index (χ0v) is 36.0. The van der Waals surface area contributed by atoms with E-state index in [0.29, 0.717) is 54.7 Å². The van der Waals surface area contributed by atoms with Gasteiger partial charge in [-0.15, -0.1) is 0 Å². The third kappa shape index (κ3) is 7.25. The molecule has 1 aromatic heterocycles. The fourth-order valence-corrected chi connectivity index (χ4v) is 9.42. The summed E-state index contributed by atoms with van der Waals surface area (Å²) in [6, 6.07) is 1.37. The van der Waals surface area contributed by atoms with Gasteiger partial charge in [-0.2, -0.15) is 0 Å². The Hall–Kier alpha value is -2.70. The summed E-state index contributed by atoms with van der Waals surface area (Å²) in [5.41, 5.74) is 0.329. The van der Waals surface area contributed by atoms with Gasteiger partial charge in [0.2, 0.25) is 5.78 Å². The highest BCUT2D eigenvalue weighted by atomic mass is 35.5.